The van der Waals surface area contributed by atoms with Gasteiger partial charge in [-0.1, -0.05) is 33.1 Å². The van der Waals surface area contributed by atoms with Crippen LogP contribution in [0.4, 0.5) is 0 Å². The molecular weight excluding hydrogens is 186 g/mol. The summed E-state index contributed by atoms with van der Waals surface area (Å²) in [5.74, 6) is 1.16. The summed E-state index contributed by atoms with van der Waals surface area (Å²) in [5, 5.41) is 13.8. The molecule has 1 saturated carbocycles. The second kappa shape index (κ2) is 5.86. The van der Waals surface area contributed by atoms with E-state index in [2.05, 4.69) is 19.2 Å². The first-order valence-electron chi connectivity index (χ1n) is 6.45. The Hall–Kier alpha value is -0.0800. The highest BCUT2D eigenvalue weighted by molar-refractivity contribution is 4.86. The molecular formula is C13H27NO. The molecule has 1 unspecified atom stereocenters. The van der Waals surface area contributed by atoms with Crippen molar-refractivity contribution in [1.82, 2.24) is 5.32 Å². The molecule has 0 radical (unpaired) electrons. The minimum atomic E-state index is -0.505. The van der Waals surface area contributed by atoms with E-state index in [0.717, 1.165) is 13.1 Å². The fourth-order valence-electron chi connectivity index (χ4n) is 2.48. The Morgan fingerprint density at radius 2 is 1.87 bits per heavy atom. The van der Waals surface area contributed by atoms with Gasteiger partial charge >= 0.3 is 0 Å². The molecule has 0 heterocycles. The molecule has 0 aliphatic heterocycles. The largest absolute Gasteiger partial charge is 0.389 e. The maximum atomic E-state index is 10.4. The average Bonchev–Trinajstić information content (AvgIpc) is 2.18. The van der Waals surface area contributed by atoms with E-state index in [9.17, 15) is 5.11 Å². The lowest BCUT2D eigenvalue weighted by Gasteiger charge is -2.36. The van der Waals surface area contributed by atoms with E-state index in [1.807, 2.05) is 6.92 Å². The number of rotatable bonds is 5. The van der Waals surface area contributed by atoms with E-state index in [1.165, 1.54) is 32.1 Å². The maximum Gasteiger partial charge on any atom is 0.0771 e. The standard InChI is InChI=1S/C13H27NO/c1-11(2)9-14-10-13(3,15)12-7-5-4-6-8-12/h11-12,14-15H,4-10H2,1-3H3. The molecule has 0 bridgehead atoms. The van der Waals surface area contributed by atoms with Gasteiger partial charge in [-0.3, -0.25) is 0 Å². The summed E-state index contributed by atoms with van der Waals surface area (Å²) >= 11 is 0. The van der Waals surface area contributed by atoms with Crippen molar-refractivity contribution in [2.75, 3.05) is 13.1 Å². The monoisotopic (exact) mass is 213 g/mol. The number of hydrogen-bond donors (Lipinski definition) is 2. The second-order valence-corrected chi connectivity index (χ2v) is 5.72. The molecule has 0 aromatic carbocycles. The zero-order valence-electron chi connectivity index (χ0n) is 10.6. The van der Waals surface area contributed by atoms with Gasteiger partial charge in [0.1, 0.15) is 0 Å². The Morgan fingerprint density at radius 3 is 2.40 bits per heavy atom. The van der Waals surface area contributed by atoms with Gasteiger partial charge in [-0.15, -0.1) is 0 Å². The van der Waals surface area contributed by atoms with Gasteiger partial charge in [0.05, 0.1) is 5.60 Å². The van der Waals surface area contributed by atoms with E-state index in [-0.39, 0.29) is 0 Å². The molecule has 0 aromatic rings. The Balaban J connectivity index is 2.29. The molecule has 0 amide bonds. The molecule has 1 aliphatic carbocycles. The van der Waals surface area contributed by atoms with E-state index in [0.29, 0.717) is 11.8 Å². The second-order valence-electron chi connectivity index (χ2n) is 5.72. The summed E-state index contributed by atoms with van der Waals surface area (Å²) in [4.78, 5) is 0. The van der Waals surface area contributed by atoms with Gasteiger partial charge in [-0.25, -0.2) is 0 Å². The van der Waals surface area contributed by atoms with Crippen molar-refractivity contribution < 1.29 is 5.11 Å². The number of hydrogen-bond acceptors (Lipinski definition) is 2. The van der Waals surface area contributed by atoms with Crippen molar-refractivity contribution in [3.63, 3.8) is 0 Å². The van der Waals surface area contributed by atoms with Gasteiger partial charge in [0, 0.05) is 6.54 Å². The lowest BCUT2D eigenvalue weighted by atomic mass is 9.78. The normalized spacial score (nSPS) is 23.0. The van der Waals surface area contributed by atoms with Gasteiger partial charge < -0.3 is 10.4 Å². The van der Waals surface area contributed by atoms with Crippen LogP contribution in [0.1, 0.15) is 52.9 Å². The number of nitrogens with one attached hydrogen (secondary N) is 1. The summed E-state index contributed by atoms with van der Waals surface area (Å²) in [6.07, 6.45) is 6.36. The lowest BCUT2D eigenvalue weighted by molar-refractivity contribution is -0.0155. The van der Waals surface area contributed by atoms with Gasteiger partial charge in [-0.05, 0) is 38.1 Å². The van der Waals surface area contributed by atoms with Crippen molar-refractivity contribution in [3.05, 3.63) is 0 Å². The molecule has 15 heavy (non-hydrogen) atoms. The summed E-state index contributed by atoms with van der Waals surface area (Å²) in [6, 6.07) is 0. The van der Waals surface area contributed by atoms with Crippen molar-refractivity contribution in [2.24, 2.45) is 11.8 Å². The van der Waals surface area contributed by atoms with Gasteiger partial charge in [-0.2, -0.15) is 0 Å². The molecule has 2 heteroatoms. The Bertz CT molecular complexity index is 171. The Morgan fingerprint density at radius 1 is 1.27 bits per heavy atom. The first kappa shape index (κ1) is 13.0. The van der Waals surface area contributed by atoms with Crippen LogP contribution in [0, 0.1) is 11.8 Å². The van der Waals surface area contributed by atoms with Crippen LogP contribution in [-0.2, 0) is 0 Å². The minimum absolute atomic E-state index is 0.505. The van der Waals surface area contributed by atoms with Crippen LogP contribution in [0.15, 0.2) is 0 Å². The molecule has 1 fully saturated rings. The Kier molecular flexibility index (Phi) is 5.07. The van der Waals surface area contributed by atoms with Crippen molar-refractivity contribution in [3.8, 4) is 0 Å². The minimum Gasteiger partial charge on any atom is -0.389 e. The van der Waals surface area contributed by atoms with Crippen LogP contribution in [0.2, 0.25) is 0 Å². The van der Waals surface area contributed by atoms with E-state index < -0.39 is 5.60 Å². The van der Waals surface area contributed by atoms with Crippen LogP contribution >= 0.6 is 0 Å². The van der Waals surface area contributed by atoms with Gasteiger partial charge in [0.25, 0.3) is 0 Å². The molecule has 90 valence electrons. The number of aliphatic hydroxyl groups is 1. The SMILES string of the molecule is CC(C)CNCC(C)(O)C1CCCCC1. The van der Waals surface area contributed by atoms with E-state index >= 15 is 0 Å². The summed E-state index contributed by atoms with van der Waals surface area (Å²) in [6.45, 7) is 8.14. The van der Waals surface area contributed by atoms with Crippen molar-refractivity contribution >= 4 is 0 Å². The average molecular weight is 213 g/mol. The van der Waals surface area contributed by atoms with Gasteiger partial charge in [0.15, 0.2) is 0 Å². The van der Waals surface area contributed by atoms with Gasteiger partial charge in [0.2, 0.25) is 0 Å². The van der Waals surface area contributed by atoms with Crippen LogP contribution < -0.4 is 5.32 Å². The topological polar surface area (TPSA) is 32.3 Å². The molecule has 2 nitrogen and oxygen atoms in total. The fraction of sp³-hybridized carbons (Fsp3) is 1.00. The maximum absolute atomic E-state index is 10.4. The van der Waals surface area contributed by atoms with Crippen molar-refractivity contribution in [1.29, 1.82) is 0 Å². The highest BCUT2D eigenvalue weighted by atomic mass is 16.3. The van der Waals surface area contributed by atoms with Crippen LogP contribution in [0.25, 0.3) is 0 Å². The quantitative estimate of drug-likeness (QED) is 0.735. The third kappa shape index (κ3) is 4.52. The fourth-order valence-corrected chi connectivity index (χ4v) is 2.48. The first-order chi connectivity index (χ1) is 7.02. The zero-order chi connectivity index (χ0) is 11.3. The molecule has 1 aliphatic rings. The van der Waals surface area contributed by atoms with E-state index in [4.69, 9.17) is 0 Å². The van der Waals surface area contributed by atoms with Crippen LogP contribution in [0.3, 0.4) is 0 Å². The molecule has 0 spiro atoms. The smallest absolute Gasteiger partial charge is 0.0771 e. The lowest BCUT2D eigenvalue weighted by Crippen LogP contribution is -2.45. The molecule has 0 saturated heterocycles. The van der Waals surface area contributed by atoms with Crippen LogP contribution in [0.5, 0.6) is 0 Å². The summed E-state index contributed by atoms with van der Waals surface area (Å²) < 4.78 is 0. The zero-order valence-corrected chi connectivity index (χ0v) is 10.6. The predicted molar refractivity (Wildman–Crippen MR) is 64.9 cm³/mol. The Labute approximate surface area is 94.5 Å². The summed E-state index contributed by atoms with van der Waals surface area (Å²) in [7, 11) is 0. The van der Waals surface area contributed by atoms with E-state index in [1.54, 1.807) is 0 Å². The molecule has 2 N–H and O–H groups in total. The highest BCUT2D eigenvalue weighted by Crippen LogP contribution is 2.32. The third-order valence-corrected chi connectivity index (χ3v) is 3.52. The molecule has 1 rings (SSSR count). The van der Waals surface area contributed by atoms with Crippen molar-refractivity contribution in [2.45, 2.75) is 58.5 Å². The molecule has 1 atom stereocenters. The summed E-state index contributed by atoms with van der Waals surface area (Å²) in [5.41, 5.74) is -0.505. The predicted octanol–water partition coefficient (Wildman–Crippen LogP) is 2.56. The van der Waals surface area contributed by atoms with Crippen LogP contribution in [-0.4, -0.2) is 23.8 Å². The highest BCUT2D eigenvalue weighted by Gasteiger charge is 2.32. The molecule has 0 aromatic heterocycles. The first-order valence-corrected chi connectivity index (χ1v) is 6.45. The third-order valence-electron chi connectivity index (χ3n) is 3.52.